The second kappa shape index (κ2) is 3.93. The Balaban J connectivity index is 2.27. The van der Waals surface area contributed by atoms with Crippen LogP contribution in [0.4, 0.5) is 0 Å². The van der Waals surface area contributed by atoms with Gasteiger partial charge < -0.3 is 0 Å². The van der Waals surface area contributed by atoms with E-state index in [0.717, 1.165) is 16.2 Å². The zero-order valence-corrected chi connectivity index (χ0v) is 10.6. The number of aromatic nitrogens is 2. The fraction of sp³-hybridized carbons (Fsp3) is 0.143. The zero-order valence-electron chi connectivity index (χ0n) is 9.77. The first-order valence-electron chi connectivity index (χ1n) is 5.54. The molecule has 0 spiro atoms. The number of rotatable bonds is 1. The van der Waals surface area contributed by atoms with Crippen molar-refractivity contribution >= 4 is 21.6 Å². The van der Waals surface area contributed by atoms with Crippen molar-refractivity contribution in [2.75, 3.05) is 0 Å². The molecule has 2 aromatic heterocycles. The van der Waals surface area contributed by atoms with Crippen molar-refractivity contribution in [2.24, 2.45) is 0 Å². The summed E-state index contributed by atoms with van der Waals surface area (Å²) in [5.74, 6) is 0. The molecular weight excluding hydrogens is 228 g/mol. The average Bonchev–Trinajstić information content (AvgIpc) is 2.81. The molecule has 0 unspecified atom stereocenters. The highest BCUT2D eigenvalue weighted by Crippen LogP contribution is 2.32. The first-order valence-corrected chi connectivity index (χ1v) is 6.35. The molecular formula is C14H12N2S. The highest BCUT2D eigenvalue weighted by Gasteiger charge is 2.10. The molecule has 2 nitrogen and oxygen atoms in total. The lowest BCUT2D eigenvalue weighted by atomic mass is 10.1. The van der Waals surface area contributed by atoms with Gasteiger partial charge in [-0.15, -0.1) is 11.3 Å². The first-order chi connectivity index (χ1) is 8.25. The van der Waals surface area contributed by atoms with Crippen molar-refractivity contribution < 1.29 is 0 Å². The SMILES string of the molecule is Cc1ccc(C)c2sc(-c3ccccn3)nc12. The summed E-state index contributed by atoms with van der Waals surface area (Å²) in [4.78, 5) is 9.05. The molecule has 0 bridgehead atoms. The number of aryl methyl sites for hydroxylation is 2. The summed E-state index contributed by atoms with van der Waals surface area (Å²) in [6.45, 7) is 4.23. The largest absolute Gasteiger partial charge is 0.254 e. The molecule has 0 saturated carbocycles. The number of thiazole rings is 1. The molecule has 3 rings (SSSR count). The number of nitrogens with zero attached hydrogens (tertiary/aromatic N) is 2. The van der Waals surface area contributed by atoms with E-state index in [4.69, 9.17) is 4.98 Å². The van der Waals surface area contributed by atoms with E-state index in [9.17, 15) is 0 Å². The molecule has 1 aromatic carbocycles. The Hall–Kier alpha value is -1.74. The fourth-order valence-electron chi connectivity index (χ4n) is 1.86. The molecule has 0 atom stereocenters. The van der Waals surface area contributed by atoms with Gasteiger partial charge in [0.25, 0.3) is 0 Å². The molecule has 0 radical (unpaired) electrons. The van der Waals surface area contributed by atoms with Gasteiger partial charge in [0.2, 0.25) is 0 Å². The third-order valence-electron chi connectivity index (χ3n) is 2.83. The zero-order chi connectivity index (χ0) is 11.8. The predicted octanol–water partition coefficient (Wildman–Crippen LogP) is 3.98. The Kier molecular flexibility index (Phi) is 2.41. The smallest absolute Gasteiger partial charge is 0.143 e. The maximum Gasteiger partial charge on any atom is 0.143 e. The molecule has 0 amide bonds. The molecule has 84 valence electrons. The summed E-state index contributed by atoms with van der Waals surface area (Å²) in [7, 11) is 0. The van der Waals surface area contributed by atoms with Crippen LogP contribution in [0.2, 0.25) is 0 Å². The van der Waals surface area contributed by atoms with E-state index >= 15 is 0 Å². The highest BCUT2D eigenvalue weighted by atomic mass is 32.1. The summed E-state index contributed by atoms with van der Waals surface area (Å²) in [5, 5.41) is 0.998. The summed E-state index contributed by atoms with van der Waals surface area (Å²) >= 11 is 1.72. The van der Waals surface area contributed by atoms with E-state index < -0.39 is 0 Å². The minimum atomic E-state index is 0.951. The number of benzene rings is 1. The van der Waals surface area contributed by atoms with E-state index in [1.165, 1.54) is 15.8 Å². The fourth-order valence-corrected chi connectivity index (χ4v) is 2.95. The third kappa shape index (κ3) is 1.72. The van der Waals surface area contributed by atoms with E-state index in [1.807, 2.05) is 18.2 Å². The Morgan fingerprint density at radius 1 is 1.00 bits per heavy atom. The van der Waals surface area contributed by atoms with Gasteiger partial charge in [-0.1, -0.05) is 18.2 Å². The molecule has 0 aliphatic carbocycles. The average molecular weight is 240 g/mol. The van der Waals surface area contributed by atoms with Crippen molar-refractivity contribution in [1.82, 2.24) is 9.97 Å². The van der Waals surface area contributed by atoms with Crippen LogP contribution >= 0.6 is 11.3 Å². The summed E-state index contributed by atoms with van der Waals surface area (Å²) < 4.78 is 1.27. The van der Waals surface area contributed by atoms with Gasteiger partial charge in [0.05, 0.1) is 15.9 Å². The van der Waals surface area contributed by atoms with Crippen LogP contribution < -0.4 is 0 Å². The van der Waals surface area contributed by atoms with Gasteiger partial charge in [-0.05, 0) is 37.1 Å². The first kappa shape index (κ1) is 10.4. The minimum Gasteiger partial charge on any atom is -0.254 e. The van der Waals surface area contributed by atoms with Gasteiger partial charge >= 0.3 is 0 Å². The van der Waals surface area contributed by atoms with Gasteiger partial charge in [0.15, 0.2) is 0 Å². The molecule has 0 aliphatic heterocycles. The predicted molar refractivity (Wildman–Crippen MR) is 72.3 cm³/mol. The Morgan fingerprint density at radius 2 is 1.82 bits per heavy atom. The maximum atomic E-state index is 4.70. The number of hydrogen-bond acceptors (Lipinski definition) is 3. The highest BCUT2D eigenvalue weighted by molar-refractivity contribution is 7.21. The summed E-state index contributed by atoms with van der Waals surface area (Å²) in [5.41, 5.74) is 4.57. The molecule has 0 N–H and O–H groups in total. The molecule has 0 fully saturated rings. The van der Waals surface area contributed by atoms with Crippen molar-refractivity contribution in [2.45, 2.75) is 13.8 Å². The van der Waals surface area contributed by atoms with Crippen molar-refractivity contribution in [1.29, 1.82) is 0 Å². The van der Waals surface area contributed by atoms with E-state index in [2.05, 4.69) is 31.0 Å². The van der Waals surface area contributed by atoms with Crippen LogP contribution in [0.15, 0.2) is 36.5 Å². The lowest BCUT2D eigenvalue weighted by Gasteiger charge is -1.96. The van der Waals surface area contributed by atoms with Crippen LogP contribution in [-0.2, 0) is 0 Å². The van der Waals surface area contributed by atoms with Gasteiger partial charge in [0.1, 0.15) is 5.01 Å². The van der Waals surface area contributed by atoms with Gasteiger partial charge in [-0.2, -0.15) is 0 Å². The van der Waals surface area contributed by atoms with Crippen LogP contribution in [0.25, 0.3) is 20.9 Å². The van der Waals surface area contributed by atoms with Gasteiger partial charge in [0, 0.05) is 6.20 Å². The van der Waals surface area contributed by atoms with Crippen LogP contribution in [0.3, 0.4) is 0 Å². The van der Waals surface area contributed by atoms with E-state index in [0.29, 0.717) is 0 Å². The molecule has 3 heteroatoms. The topological polar surface area (TPSA) is 25.8 Å². The number of pyridine rings is 1. The van der Waals surface area contributed by atoms with Crippen molar-refractivity contribution in [3.8, 4) is 10.7 Å². The minimum absolute atomic E-state index is 0.951. The van der Waals surface area contributed by atoms with Crippen LogP contribution in [-0.4, -0.2) is 9.97 Å². The molecule has 2 heterocycles. The normalized spacial score (nSPS) is 10.9. The van der Waals surface area contributed by atoms with Crippen LogP contribution in [0, 0.1) is 13.8 Å². The summed E-state index contributed by atoms with van der Waals surface area (Å²) in [6, 6.07) is 10.2. The number of hydrogen-bond donors (Lipinski definition) is 0. The van der Waals surface area contributed by atoms with Crippen molar-refractivity contribution in [3.63, 3.8) is 0 Å². The van der Waals surface area contributed by atoms with Gasteiger partial charge in [-0.3, -0.25) is 4.98 Å². The van der Waals surface area contributed by atoms with Crippen LogP contribution in [0.1, 0.15) is 11.1 Å². The lowest BCUT2D eigenvalue weighted by Crippen LogP contribution is -1.81. The van der Waals surface area contributed by atoms with Gasteiger partial charge in [-0.25, -0.2) is 4.98 Å². The van der Waals surface area contributed by atoms with Crippen molar-refractivity contribution in [3.05, 3.63) is 47.7 Å². The van der Waals surface area contributed by atoms with Crippen LogP contribution in [0.5, 0.6) is 0 Å². The number of fused-ring (bicyclic) bond motifs is 1. The molecule has 3 aromatic rings. The Morgan fingerprint density at radius 3 is 2.53 bits per heavy atom. The monoisotopic (exact) mass is 240 g/mol. The van der Waals surface area contributed by atoms with E-state index in [1.54, 1.807) is 17.5 Å². The third-order valence-corrected chi connectivity index (χ3v) is 4.04. The second-order valence-electron chi connectivity index (χ2n) is 4.11. The second-order valence-corrected chi connectivity index (χ2v) is 5.11. The standard InChI is InChI=1S/C14H12N2S/c1-9-6-7-10(2)13-12(9)16-14(17-13)11-5-3-4-8-15-11/h3-8H,1-2H3. The lowest BCUT2D eigenvalue weighted by molar-refractivity contribution is 1.30. The quantitative estimate of drug-likeness (QED) is 0.643. The summed E-state index contributed by atoms with van der Waals surface area (Å²) in [6.07, 6.45) is 1.81. The van der Waals surface area contributed by atoms with E-state index in [-0.39, 0.29) is 0 Å². The Bertz CT molecular complexity index is 632. The molecule has 0 saturated heterocycles. The maximum absolute atomic E-state index is 4.70. The molecule has 0 aliphatic rings. The molecule has 17 heavy (non-hydrogen) atoms. The Labute approximate surface area is 104 Å².